The van der Waals surface area contributed by atoms with Crippen LogP contribution < -0.4 is 4.74 Å². The average Bonchev–Trinajstić information content (AvgIpc) is 2.26. The Labute approximate surface area is 126 Å². The zero-order valence-corrected chi connectivity index (χ0v) is 13.1. The SMILES string of the molecule is CC(=O)c1ccc(Br)cc1Oc1cc(F)cc(Br)c1. The summed E-state index contributed by atoms with van der Waals surface area (Å²) in [6, 6.07) is 9.32. The molecule has 19 heavy (non-hydrogen) atoms. The molecule has 0 aliphatic heterocycles. The summed E-state index contributed by atoms with van der Waals surface area (Å²) in [7, 11) is 0. The van der Waals surface area contributed by atoms with E-state index in [0.717, 1.165) is 4.47 Å². The molecule has 0 saturated carbocycles. The van der Waals surface area contributed by atoms with E-state index in [9.17, 15) is 9.18 Å². The largest absolute Gasteiger partial charge is 0.456 e. The molecule has 0 heterocycles. The van der Waals surface area contributed by atoms with Crippen LogP contribution in [-0.4, -0.2) is 5.78 Å². The molecule has 2 nitrogen and oxygen atoms in total. The Morgan fingerprint density at radius 2 is 1.84 bits per heavy atom. The van der Waals surface area contributed by atoms with Gasteiger partial charge in [-0.15, -0.1) is 0 Å². The molecule has 0 amide bonds. The maximum atomic E-state index is 13.3. The molecule has 2 rings (SSSR count). The van der Waals surface area contributed by atoms with Crippen molar-refractivity contribution in [3.8, 4) is 11.5 Å². The lowest BCUT2D eigenvalue weighted by atomic mass is 10.1. The molecule has 0 radical (unpaired) electrons. The van der Waals surface area contributed by atoms with Crippen LogP contribution in [0.4, 0.5) is 4.39 Å². The minimum atomic E-state index is -0.413. The molecule has 0 fully saturated rings. The fraction of sp³-hybridized carbons (Fsp3) is 0.0714. The van der Waals surface area contributed by atoms with Crippen LogP contribution in [0.15, 0.2) is 45.3 Å². The number of Topliss-reactive ketones (excluding diaryl/α,β-unsaturated/α-hetero) is 1. The van der Waals surface area contributed by atoms with Gasteiger partial charge in [-0.1, -0.05) is 31.9 Å². The Morgan fingerprint density at radius 3 is 2.47 bits per heavy atom. The van der Waals surface area contributed by atoms with Gasteiger partial charge in [0.15, 0.2) is 5.78 Å². The predicted octanol–water partition coefficient (Wildman–Crippen LogP) is 5.35. The fourth-order valence-electron chi connectivity index (χ4n) is 1.59. The number of carbonyl (C=O) groups excluding carboxylic acids is 1. The van der Waals surface area contributed by atoms with Crippen LogP contribution in [-0.2, 0) is 0 Å². The molecule has 0 bridgehead atoms. The van der Waals surface area contributed by atoms with Gasteiger partial charge < -0.3 is 4.74 Å². The summed E-state index contributed by atoms with van der Waals surface area (Å²) < 4.78 is 20.2. The van der Waals surface area contributed by atoms with Crippen molar-refractivity contribution >= 4 is 37.6 Å². The Hall–Kier alpha value is -1.20. The van der Waals surface area contributed by atoms with Crippen molar-refractivity contribution in [3.05, 3.63) is 56.7 Å². The summed E-state index contributed by atoms with van der Waals surface area (Å²) in [6.45, 7) is 1.46. The first-order valence-electron chi connectivity index (χ1n) is 5.40. The highest BCUT2D eigenvalue weighted by atomic mass is 79.9. The molecule has 2 aromatic rings. The van der Waals surface area contributed by atoms with Gasteiger partial charge in [0.2, 0.25) is 0 Å². The van der Waals surface area contributed by atoms with Gasteiger partial charge in [0.25, 0.3) is 0 Å². The van der Waals surface area contributed by atoms with Crippen LogP contribution in [0.3, 0.4) is 0 Å². The fourth-order valence-corrected chi connectivity index (χ4v) is 2.37. The zero-order chi connectivity index (χ0) is 14.0. The highest BCUT2D eigenvalue weighted by molar-refractivity contribution is 9.10. The highest BCUT2D eigenvalue weighted by Gasteiger charge is 2.11. The van der Waals surface area contributed by atoms with Crippen molar-refractivity contribution in [2.75, 3.05) is 0 Å². The van der Waals surface area contributed by atoms with Crippen LogP contribution in [0.25, 0.3) is 0 Å². The number of carbonyl (C=O) groups is 1. The third-order valence-electron chi connectivity index (χ3n) is 2.39. The Kier molecular flexibility index (Phi) is 4.37. The van der Waals surface area contributed by atoms with E-state index in [1.54, 1.807) is 24.3 Å². The minimum absolute atomic E-state index is 0.113. The van der Waals surface area contributed by atoms with Gasteiger partial charge in [0.1, 0.15) is 17.3 Å². The molecule has 98 valence electrons. The second kappa shape index (κ2) is 5.84. The Bertz CT molecular complexity index is 621. The van der Waals surface area contributed by atoms with Crippen LogP contribution >= 0.6 is 31.9 Å². The molecule has 0 unspecified atom stereocenters. The van der Waals surface area contributed by atoms with Gasteiger partial charge in [0.05, 0.1) is 5.56 Å². The molecular weight excluding hydrogens is 379 g/mol. The second-order valence-corrected chi connectivity index (χ2v) is 5.74. The van der Waals surface area contributed by atoms with E-state index >= 15 is 0 Å². The molecule has 0 aromatic heterocycles. The number of hydrogen-bond acceptors (Lipinski definition) is 2. The summed E-state index contributed by atoms with van der Waals surface area (Å²) in [4.78, 5) is 11.5. The van der Waals surface area contributed by atoms with Crippen molar-refractivity contribution in [2.24, 2.45) is 0 Å². The van der Waals surface area contributed by atoms with E-state index in [-0.39, 0.29) is 5.78 Å². The lowest BCUT2D eigenvalue weighted by Gasteiger charge is -2.10. The molecule has 0 aliphatic carbocycles. The normalized spacial score (nSPS) is 10.3. The first-order valence-corrected chi connectivity index (χ1v) is 6.99. The third-order valence-corrected chi connectivity index (χ3v) is 3.34. The van der Waals surface area contributed by atoms with Crippen molar-refractivity contribution in [1.29, 1.82) is 0 Å². The van der Waals surface area contributed by atoms with Gasteiger partial charge >= 0.3 is 0 Å². The number of ketones is 1. The van der Waals surface area contributed by atoms with E-state index in [4.69, 9.17) is 4.74 Å². The lowest BCUT2D eigenvalue weighted by Crippen LogP contribution is -1.97. The van der Waals surface area contributed by atoms with Crippen molar-refractivity contribution in [2.45, 2.75) is 6.92 Å². The number of halogens is 3. The molecule has 5 heteroatoms. The van der Waals surface area contributed by atoms with Crippen molar-refractivity contribution < 1.29 is 13.9 Å². The van der Waals surface area contributed by atoms with E-state index in [2.05, 4.69) is 31.9 Å². The standard InChI is InChI=1S/C14H9Br2FO2/c1-8(18)13-3-2-9(15)6-14(13)19-12-5-10(16)4-11(17)7-12/h2-7H,1H3. The van der Waals surface area contributed by atoms with Crippen LogP contribution in [0.5, 0.6) is 11.5 Å². The summed E-state index contributed by atoms with van der Waals surface area (Å²) in [5, 5.41) is 0. The molecule has 0 spiro atoms. The number of ether oxygens (including phenoxy) is 1. The Balaban J connectivity index is 2.42. The zero-order valence-electron chi connectivity index (χ0n) is 9.91. The van der Waals surface area contributed by atoms with Crippen molar-refractivity contribution in [1.82, 2.24) is 0 Å². The van der Waals surface area contributed by atoms with E-state index in [0.29, 0.717) is 21.5 Å². The monoisotopic (exact) mass is 386 g/mol. The second-order valence-electron chi connectivity index (χ2n) is 3.90. The van der Waals surface area contributed by atoms with Crippen LogP contribution in [0, 0.1) is 5.82 Å². The number of benzene rings is 2. The van der Waals surface area contributed by atoms with E-state index in [1.165, 1.54) is 19.1 Å². The van der Waals surface area contributed by atoms with Gasteiger partial charge in [-0.2, -0.15) is 0 Å². The first kappa shape index (κ1) is 14.2. The predicted molar refractivity (Wildman–Crippen MR) is 78.3 cm³/mol. The van der Waals surface area contributed by atoms with Gasteiger partial charge in [-0.05, 0) is 37.3 Å². The lowest BCUT2D eigenvalue weighted by molar-refractivity contribution is 0.101. The molecule has 2 aromatic carbocycles. The molecule has 0 atom stereocenters. The van der Waals surface area contributed by atoms with Gasteiger partial charge in [-0.25, -0.2) is 4.39 Å². The average molecular weight is 388 g/mol. The smallest absolute Gasteiger partial charge is 0.163 e. The summed E-state index contributed by atoms with van der Waals surface area (Å²) >= 11 is 6.51. The third kappa shape index (κ3) is 3.64. The topological polar surface area (TPSA) is 26.3 Å². The summed E-state index contributed by atoms with van der Waals surface area (Å²) in [5.41, 5.74) is 0.448. The molecule has 0 aliphatic rings. The summed E-state index contributed by atoms with van der Waals surface area (Å²) in [6.07, 6.45) is 0. The molecule has 0 N–H and O–H groups in total. The molecule has 0 saturated heterocycles. The maximum Gasteiger partial charge on any atom is 0.163 e. The quantitative estimate of drug-likeness (QED) is 0.664. The van der Waals surface area contributed by atoms with E-state index < -0.39 is 5.82 Å². The van der Waals surface area contributed by atoms with Gasteiger partial charge in [0, 0.05) is 15.0 Å². The minimum Gasteiger partial charge on any atom is -0.456 e. The first-order chi connectivity index (χ1) is 8.95. The van der Waals surface area contributed by atoms with Gasteiger partial charge in [-0.3, -0.25) is 4.79 Å². The highest BCUT2D eigenvalue weighted by Crippen LogP contribution is 2.30. The van der Waals surface area contributed by atoms with E-state index in [1.807, 2.05) is 0 Å². The van der Waals surface area contributed by atoms with Crippen molar-refractivity contribution in [3.63, 3.8) is 0 Å². The van der Waals surface area contributed by atoms with Crippen LogP contribution in [0.1, 0.15) is 17.3 Å². The van der Waals surface area contributed by atoms with Crippen LogP contribution in [0.2, 0.25) is 0 Å². The maximum absolute atomic E-state index is 13.3. The number of rotatable bonds is 3. The Morgan fingerprint density at radius 1 is 1.11 bits per heavy atom. The molecular formula is C14H9Br2FO2. The number of hydrogen-bond donors (Lipinski definition) is 0. The summed E-state index contributed by atoms with van der Waals surface area (Å²) in [5.74, 6) is 0.188.